The Morgan fingerprint density at radius 3 is 2.36 bits per heavy atom. The highest BCUT2D eigenvalue weighted by atomic mass is 35.5. The molecular formula is C11H7Cl2N. The normalized spacial score (nSPS) is 10.1. The molecule has 3 heteroatoms. The summed E-state index contributed by atoms with van der Waals surface area (Å²) in [6.07, 6.45) is 3.46. The van der Waals surface area contributed by atoms with Crippen molar-refractivity contribution in [3.8, 4) is 11.1 Å². The molecule has 0 aliphatic rings. The number of rotatable bonds is 1. The molecule has 0 amide bonds. The smallest absolute Gasteiger partial charge is 0.0670 e. The number of pyridine rings is 1. The van der Waals surface area contributed by atoms with Crippen LogP contribution in [0.3, 0.4) is 0 Å². The summed E-state index contributed by atoms with van der Waals surface area (Å²) in [5.41, 5.74) is 1.95. The zero-order chi connectivity index (χ0) is 9.97. The lowest BCUT2D eigenvalue weighted by Crippen LogP contribution is -1.80. The van der Waals surface area contributed by atoms with Gasteiger partial charge in [-0.15, -0.1) is 0 Å². The molecule has 0 fully saturated rings. The fraction of sp³-hybridized carbons (Fsp3) is 0. The van der Waals surface area contributed by atoms with E-state index in [0.717, 1.165) is 11.1 Å². The molecule has 0 saturated heterocycles. The van der Waals surface area contributed by atoms with Gasteiger partial charge in [-0.1, -0.05) is 35.3 Å². The van der Waals surface area contributed by atoms with Crippen LogP contribution in [0.4, 0.5) is 0 Å². The second-order valence-corrected chi connectivity index (χ2v) is 3.62. The summed E-state index contributed by atoms with van der Waals surface area (Å²) in [7, 11) is 0. The van der Waals surface area contributed by atoms with Gasteiger partial charge in [0.2, 0.25) is 0 Å². The minimum absolute atomic E-state index is 0.570. The fourth-order valence-electron chi connectivity index (χ4n) is 1.26. The zero-order valence-corrected chi connectivity index (χ0v) is 8.76. The summed E-state index contributed by atoms with van der Waals surface area (Å²) in [5.74, 6) is 0. The second kappa shape index (κ2) is 3.99. The summed E-state index contributed by atoms with van der Waals surface area (Å²) in [4.78, 5) is 3.95. The van der Waals surface area contributed by atoms with Gasteiger partial charge in [0.1, 0.15) is 0 Å². The van der Waals surface area contributed by atoms with Crippen LogP contribution in [-0.2, 0) is 0 Å². The molecule has 1 heterocycles. The third-order valence-electron chi connectivity index (χ3n) is 1.94. The molecule has 1 aromatic heterocycles. The lowest BCUT2D eigenvalue weighted by Gasteiger charge is -2.04. The van der Waals surface area contributed by atoms with Gasteiger partial charge in [-0.05, 0) is 23.8 Å². The minimum atomic E-state index is 0.570. The van der Waals surface area contributed by atoms with Crippen molar-refractivity contribution in [1.29, 1.82) is 0 Å². The highest BCUT2D eigenvalue weighted by Gasteiger charge is 2.05. The van der Waals surface area contributed by atoms with Crippen molar-refractivity contribution < 1.29 is 0 Å². The van der Waals surface area contributed by atoms with E-state index in [9.17, 15) is 0 Å². The molecular weight excluding hydrogens is 217 g/mol. The molecule has 1 aromatic carbocycles. The monoisotopic (exact) mass is 223 g/mol. The van der Waals surface area contributed by atoms with E-state index in [1.807, 2.05) is 24.3 Å². The van der Waals surface area contributed by atoms with E-state index in [2.05, 4.69) is 4.98 Å². The van der Waals surface area contributed by atoms with E-state index in [0.29, 0.717) is 10.0 Å². The molecule has 0 atom stereocenters. The van der Waals surface area contributed by atoms with Crippen LogP contribution in [0.2, 0.25) is 10.0 Å². The first kappa shape index (κ1) is 9.50. The Kier molecular flexibility index (Phi) is 2.71. The summed E-state index contributed by atoms with van der Waals surface area (Å²) in [5, 5.41) is 1.15. The van der Waals surface area contributed by atoms with E-state index in [4.69, 9.17) is 23.2 Å². The van der Waals surface area contributed by atoms with Crippen LogP contribution < -0.4 is 0 Å². The Labute approximate surface area is 92.3 Å². The van der Waals surface area contributed by atoms with Crippen molar-refractivity contribution in [1.82, 2.24) is 4.98 Å². The standard InChI is InChI=1S/C11H7Cl2N/c12-10-3-1-2-9(11(10)13)8-4-6-14-7-5-8/h1-7H. The number of nitrogens with zero attached hydrogens (tertiary/aromatic N) is 1. The second-order valence-electron chi connectivity index (χ2n) is 2.84. The lowest BCUT2D eigenvalue weighted by molar-refractivity contribution is 1.33. The van der Waals surface area contributed by atoms with Crippen molar-refractivity contribution in [2.45, 2.75) is 0 Å². The van der Waals surface area contributed by atoms with Gasteiger partial charge in [0, 0.05) is 18.0 Å². The highest BCUT2D eigenvalue weighted by molar-refractivity contribution is 6.43. The van der Waals surface area contributed by atoms with Crippen molar-refractivity contribution in [3.63, 3.8) is 0 Å². The minimum Gasteiger partial charge on any atom is -0.265 e. The Morgan fingerprint density at radius 2 is 1.64 bits per heavy atom. The molecule has 0 bridgehead atoms. The Hall–Kier alpha value is -1.05. The fourth-order valence-corrected chi connectivity index (χ4v) is 1.67. The lowest BCUT2D eigenvalue weighted by atomic mass is 10.1. The molecule has 14 heavy (non-hydrogen) atoms. The quantitative estimate of drug-likeness (QED) is 0.711. The molecule has 0 unspecified atom stereocenters. The van der Waals surface area contributed by atoms with Crippen molar-refractivity contribution in [2.24, 2.45) is 0 Å². The van der Waals surface area contributed by atoms with Gasteiger partial charge in [-0.2, -0.15) is 0 Å². The number of aromatic nitrogens is 1. The molecule has 70 valence electrons. The van der Waals surface area contributed by atoms with Gasteiger partial charge in [0.25, 0.3) is 0 Å². The van der Waals surface area contributed by atoms with Crippen LogP contribution in [0, 0.1) is 0 Å². The van der Waals surface area contributed by atoms with Crippen molar-refractivity contribution >= 4 is 23.2 Å². The van der Waals surface area contributed by atoms with Gasteiger partial charge < -0.3 is 0 Å². The number of halogens is 2. The molecule has 2 aromatic rings. The molecule has 0 saturated carbocycles. The molecule has 0 aliphatic carbocycles. The van der Waals surface area contributed by atoms with Gasteiger partial charge in [0.15, 0.2) is 0 Å². The predicted molar refractivity (Wildman–Crippen MR) is 59.7 cm³/mol. The molecule has 0 N–H and O–H groups in total. The van der Waals surface area contributed by atoms with Crippen LogP contribution in [0.25, 0.3) is 11.1 Å². The largest absolute Gasteiger partial charge is 0.265 e. The van der Waals surface area contributed by atoms with E-state index < -0.39 is 0 Å². The first-order valence-corrected chi connectivity index (χ1v) is 4.89. The summed E-state index contributed by atoms with van der Waals surface area (Å²) in [6, 6.07) is 9.39. The predicted octanol–water partition coefficient (Wildman–Crippen LogP) is 4.06. The van der Waals surface area contributed by atoms with E-state index in [-0.39, 0.29) is 0 Å². The van der Waals surface area contributed by atoms with Gasteiger partial charge >= 0.3 is 0 Å². The SMILES string of the molecule is Clc1cccc(-c2ccncc2)c1Cl. The molecule has 2 rings (SSSR count). The summed E-state index contributed by atoms with van der Waals surface area (Å²) in [6.45, 7) is 0. The maximum atomic E-state index is 6.08. The Balaban J connectivity index is 2.58. The summed E-state index contributed by atoms with van der Waals surface area (Å²) < 4.78 is 0. The number of hydrogen-bond acceptors (Lipinski definition) is 1. The third-order valence-corrected chi connectivity index (χ3v) is 2.76. The third kappa shape index (κ3) is 1.74. The Bertz CT molecular complexity index is 440. The average molecular weight is 224 g/mol. The van der Waals surface area contributed by atoms with Crippen LogP contribution in [0.1, 0.15) is 0 Å². The van der Waals surface area contributed by atoms with Crippen LogP contribution >= 0.6 is 23.2 Å². The molecule has 0 aliphatic heterocycles. The van der Waals surface area contributed by atoms with Crippen molar-refractivity contribution in [3.05, 3.63) is 52.8 Å². The van der Waals surface area contributed by atoms with Crippen LogP contribution in [0.15, 0.2) is 42.7 Å². The number of hydrogen-bond donors (Lipinski definition) is 0. The first-order valence-electron chi connectivity index (χ1n) is 4.13. The highest BCUT2D eigenvalue weighted by Crippen LogP contribution is 2.32. The van der Waals surface area contributed by atoms with Gasteiger partial charge in [-0.25, -0.2) is 0 Å². The van der Waals surface area contributed by atoms with Gasteiger partial charge in [0.05, 0.1) is 10.0 Å². The van der Waals surface area contributed by atoms with Crippen molar-refractivity contribution in [2.75, 3.05) is 0 Å². The van der Waals surface area contributed by atoms with E-state index in [1.54, 1.807) is 18.5 Å². The molecule has 1 nitrogen and oxygen atoms in total. The van der Waals surface area contributed by atoms with E-state index in [1.165, 1.54) is 0 Å². The average Bonchev–Trinajstić information content (AvgIpc) is 2.23. The summed E-state index contributed by atoms with van der Waals surface area (Å²) >= 11 is 12.0. The maximum absolute atomic E-state index is 6.08. The Morgan fingerprint density at radius 1 is 0.929 bits per heavy atom. The van der Waals surface area contributed by atoms with Crippen LogP contribution in [-0.4, -0.2) is 4.98 Å². The topological polar surface area (TPSA) is 12.9 Å². The molecule has 0 spiro atoms. The van der Waals surface area contributed by atoms with Gasteiger partial charge in [-0.3, -0.25) is 4.98 Å². The number of benzene rings is 1. The molecule has 0 radical (unpaired) electrons. The van der Waals surface area contributed by atoms with Crippen LogP contribution in [0.5, 0.6) is 0 Å². The maximum Gasteiger partial charge on any atom is 0.0670 e. The van der Waals surface area contributed by atoms with E-state index >= 15 is 0 Å². The zero-order valence-electron chi connectivity index (χ0n) is 7.24. The first-order chi connectivity index (χ1) is 6.79.